The molecule has 0 radical (unpaired) electrons. The number of thiazole rings is 1. The lowest BCUT2D eigenvalue weighted by molar-refractivity contribution is -0.115. The zero-order valence-corrected chi connectivity index (χ0v) is 13.3. The topological polar surface area (TPSA) is 42.0 Å². The molecule has 0 saturated carbocycles. The Labute approximate surface area is 135 Å². The van der Waals surface area contributed by atoms with Gasteiger partial charge in [-0.25, -0.2) is 9.37 Å². The summed E-state index contributed by atoms with van der Waals surface area (Å²) in [5.74, 6) is -0.514. The van der Waals surface area contributed by atoms with Crippen LogP contribution >= 0.6 is 22.9 Å². The molecule has 3 rings (SSSR count). The Morgan fingerprint density at radius 1 is 1.27 bits per heavy atom. The molecule has 0 bridgehead atoms. The van der Waals surface area contributed by atoms with Crippen molar-refractivity contribution in [1.82, 2.24) is 4.98 Å². The number of benzene rings is 2. The third kappa shape index (κ3) is 3.10. The van der Waals surface area contributed by atoms with E-state index >= 15 is 0 Å². The first-order chi connectivity index (χ1) is 10.5. The highest BCUT2D eigenvalue weighted by molar-refractivity contribution is 7.23. The molecule has 0 atom stereocenters. The summed E-state index contributed by atoms with van der Waals surface area (Å²) in [7, 11) is 0. The second-order valence-electron chi connectivity index (χ2n) is 4.91. The lowest BCUT2D eigenvalue weighted by Crippen LogP contribution is -2.14. The second kappa shape index (κ2) is 6.02. The number of carbonyl (C=O) groups is 1. The van der Waals surface area contributed by atoms with Gasteiger partial charge in [0.05, 0.1) is 21.7 Å². The highest BCUT2D eigenvalue weighted by Crippen LogP contribution is 2.33. The summed E-state index contributed by atoms with van der Waals surface area (Å²) >= 11 is 7.49. The minimum absolute atomic E-state index is 0.170. The summed E-state index contributed by atoms with van der Waals surface area (Å²) in [6.45, 7) is 1.95. The van der Waals surface area contributed by atoms with Gasteiger partial charge in [0.25, 0.3) is 0 Å². The van der Waals surface area contributed by atoms with Crippen molar-refractivity contribution in [3.63, 3.8) is 0 Å². The molecule has 22 heavy (non-hydrogen) atoms. The standard InChI is InChI=1S/C16H12ClFN2OS/c1-9-2-7-12(17)15-14(9)20-16(22-15)19-13(21)8-10-3-5-11(18)6-4-10/h2-7H,8H2,1H3,(H,19,20,21). The number of rotatable bonds is 3. The molecule has 0 fully saturated rings. The Kier molecular flexibility index (Phi) is 4.09. The average molecular weight is 335 g/mol. The van der Waals surface area contributed by atoms with E-state index in [0.29, 0.717) is 10.2 Å². The Hall–Kier alpha value is -1.98. The molecule has 0 aliphatic heterocycles. The van der Waals surface area contributed by atoms with E-state index in [1.54, 1.807) is 12.1 Å². The van der Waals surface area contributed by atoms with E-state index in [-0.39, 0.29) is 18.1 Å². The van der Waals surface area contributed by atoms with Crippen LogP contribution < -0.4 is 5.32 Å². The van der Waals surface area contributed by atoms with E-state index in [9.17, 15) is 9.18 Å². The number of aryl methyl sites for hydroxylation is 1. The van der Waals surface area contributed by atoms with Crippen molar-refractivity contribution in [1.29, 1.82) is 0 Å². The third-order valence-electron chi connectivity index (χ3n) is 3.22. The number of anilines is 1. The fourth-order valence-electron chi connectivity index (χ4n) is 2.11. The van der Waals surface area contributed by atoms with Gasteiger partial charge in [-0.15, -0.1) is 0 Å². The molecule has 3 nitrogen and oxygen atoms in total. The Bertz CT molecular complexity index is 806. The normalized spacial score (nSPS) is 10.9. The van der Waals surface area contributed by atoms with E-state index in [1.807, 2.05) is 19.1 Å². The number of hydrogen-bond donors (Lipinski definition) is 1. The molecule has 3 aromatic rings. The van der Waals surface area contributed by atoms with Crippen LogP contribution in [-0.4, -0.2) is 10.9 Å². The molecule has 1 heterocycles. The van der Waals surface area contributed by atoms with Crippen LogP contribution in [-0.2, 0) is 11.2 Å². The van der Waals surface area contributed by atoms with Crippen LogP contribution in [0.2, 0.25) is 5.02 Å². The summed E-state index contributed by atoms with van der Waals surface area (Å²) in [5.41, 5.74) is 2.55. The van der Waals surface area contributed by atoms with Gasteiger partial charge in [-0.3, -0.25) is 4.79 Å². The molecule has 0 aliphatic carbocycles. The zero-order valence-electron chi connectivity index (χ0n) is 11.7. The number of carbonyl (C=O) groups excluding carboxylic acids is 1. The van der Waals surface area contributed by atoms with Crippen molar-refractivity contribution in [3.8, 4) is 0 Å². The maximum absolute atomic E-state index is 12.8. The molecule has 0 aliphatic rings. The van der Waals surface area contributed by atoms with Gasteiger partial charge in [0, 0.05) is 0 Å². The Balaban J connectivity index is 1.78. The number of halogens is 2. The van der Waals surface area contributed by atoms with Gasteiger partial charge in [0.1, 0.15) is 5.82 Å². The fourth-order valence-corrected chi connectivity index (χ4v) is 3.34. The number of fused-ring (bicyclic) bond motifs is 1. The van der Waals surface area contributed by atoms with Gasteiger partial charge < -0.3 is 5.32 Å². The van der Waals surface area contributed by atoms with Crippen molar-refractivity contribution in [2.24, 2.45) is 0 Å². The molecule has 1 amide bonds. The van der Waals surface area contributed by atoms with Crippen LogP contribution in [0.4, 0.5) is 9.52 Å². The highest BCUT2D eigenvalue weighted by Gasteiger charge is 2.12. The van der Waals surface area contributed by atoms with E-state index in [2.05, 4.69) is 10.3 Å². The largest absolute Gasteiger partial charge is 0.302 e. The fraction of sp³-hybridized carbons (Fsp3) is 0.125. The molecule has 0 unspecified atom stereocenters. The van der Waals surface area contributed by atoms with E-state index in [0.717, 1.165) is 21.3 Å². The van der Waals surface area contributed by atoms with Crippen molar-refractivity contribution >= 4 is 44.2 Å². The first-order valence-corrected chi connectivity index (χ1v) is 7.82. The molecular formula is C16H12ClFN2OS. The molecule has 112 valence electrons. The van der Waals surface area contributed by atoms with E-state index < -0.39 is 0 Å². The second-order valence-corrected chi connectivity index (χ2v) is 6.32. The van der Waals surface area contributed by atoms with Crippen molar-refractivity contribution in [2.75, 3.05) is 5.32 Å². The minimum atomic E-state index is -0.319. The maximum atomic E-state index is 12.8. The molecule has 1 aromatic heterocycles. The predicted molar refractivity (Wildman–Crippen MR) is 88.1 cm³/mol. The summed E-state index contributed by atoms with van der Waals surface area (Å²) in [6.07, 6.45) is 0.170. The van der Waals surface area contributed by atoms with Gasteiger partial charge in [0.2, 0.25) is 5.91 Å². The van der Waals surface area contributed by atoms with Gasteiger partial charge in [-0.2, -0.15) is 0 Å². The number of amides is 1. The molecule has 1 N–H and O–H groups in total. The van der Waals surface area contributed by atoms with Gasteiger partial charge in [0.15, 0.2) is 5.13 Å². The molecule has 6 heteroatoms. The predicted octanol–water partition coefficient (Wildman–Crippen LogP) is 4.58. The summed E-state index contributed by atoms with van der Waals surface area (Å²) in [4.78, 5) is 16.5. The summed E-state index contributed by atoms with van der Waals surface area (Å²) in [6, 6.07) is 9.57. The maximum Gasteiger partial charge on any atom is 0.230 e. The number of nitrogens with zero attached hydrogens (tertiary/aromatic N) is 1. The minimum Gasteiger partial charge on any atom is -0.302 e. The SMILES string of the molecule is Cc1ccc(Cl)c2sc(NC(=O)Cc3ccc(F)cc3)nc12. The summed E-state index contributed by atoms with van der Waals surface area (Å²) < 4.78 is 13.7. The third-order valence-corrected chi connectivity index (χ3v) is 4.65. The number of hydrogen-bond acceptors (Lipinski definition) is 3. The lowest BCUT2D eigenvalue weighted by Gasteiger charge is -2.01. The van der Waals surface area contributed by atoms with Crippen LogP contribution in [0.25, 0.3) is 10.2 Å². The van der Waals surface area contributed by atoms with Gasteiger partial charge in [-0.05, 0) is 36.2 Å². The Morgan fingerprint density at radius 3 is 2.68 bits per heavy atom. The lowest BCUT2D eigenvalue weighted by atomic mass is 10.1. The Morgan fingerprint density at radius 2 is 2.00 bits per heavy atom. The van der Waals surface area contributed by atoms with E-state index in [1.165, 1.54) is 23.5 Å². The quantitative estimate of drug-likeness (QED) is 0.761. The molecule has 0 spiro atoms. The van der Waals surface area contributed by atoms with Crippen LogP contribution in [0.1, 0.15) is 11.1 Å². The smallest absolute Gasteiger partial charge is 0.230 e. The molecule has 2 aromatic carbocycles. The van der Waals surface area contributed by atoms with Crippen LogP contribution in [0.3, 0.4) is 0 Å². The van der Waals surface area contributed by atoms with E-state index in [4.69, 9.17) is 11.6 Å². The van der Waals surface area contributed by atoms with Crippen LogP contribution in [0.15, 0.2) is 36.4 Å². The zero-order chi connectivity index (χ0) is 15.7. The van der Waals surface area contributed by atoms with Crippen LogP contribution in [0, 0.1) is 12.7 Å². The van der Waals surface area contributed by atoms with Gasteiger partial charge in [-0.1, -0.05) is 41.1 Å². The molecular weight excluding hydrogens is 323 g/mol. The number of aromatic nitrogens is 1. The van der Waals surface area contributed by atoms with Gasteiger partial charge >= 0.3 is 0 Å². The monoisotopic (exact) mass is 334 g/mol. The summed E-state index contributed by atoms with van der Waals surface area (Å²) in [5, 5.41) is 3.90. The van der Waals surface area contributed by atoms with Crippen molar-refractivity contribution in [2.45, 2.75) is 13.3 Å². The molecule has 0 saturated heterocycles. The highest BCUT2D eigenvalue weighted by atomic mass is 35.5. The average Bonchev–Trinajstić information content (AvgIpc) is 2.90. The number of nitrogens with one attached hydrogen (secondary N) is 1. The van der Waals surface area contributed by atoms with Crippen LogP contribution in [0.5, 0.6) is 0 Å². The van der Waals surface area contributed by atoms with Crippen molar-refractivity contribution < 1.29 is 9.18 Å². The van der Waals surface area contributed by atoms with Crippen molar-refractivity contribution in [3.05, 3.63) is 58.4 Å². The first-order valence-electron chi connectivity index (χ1n) is 6.63. The first kappa shape index (κ1) is 14.9.